The van der Waals surface area contributed by atoms with Gasteiger partial charge in [-0.2, -0.15) is 0 Å². The van der Waals surface area contributed by atoms with Gasteiger partial charge in [0.1, 0.15) is 12.2 Å². The van der Waals surface area contributed by atoms with Gasteiger partial charge in [-0.05, 0) is 18.9 Å². The molecule has 1 saturated heterocycles. The first kappa shape index (κ1) is 11.1. The molecule has 3 heterocycles. The van der Waals surface area contributed by atoms with Crippen LogP contribution in [-0.2, 0) is 7.05 Å². The maximum Gasteiger partial charge on any atom is 0.225 e. The molecule has 0 spiro atoms. The van der Waals surface area contributed by atoms with Crippen LogP contribution in [-0.4, -0.2) is 37.8 Å². The van der Waals surface area contributed by atoms with E-state index in [9.17, 15) is 0 Å². The number of anilines is 1. The molecule has 2 aromatic heterocycles. The first-order valence-electron chi connectivity index (χ1n) is 6.20. The minimum Gasteiger partial charge on any atom is -0.340 e. The van der Waals surface area contributed by atoms with Crippen molar-refractivity contribution in [3.8, 4) is 0 Å². The van der Waals surface area contributed by atoms with Crippen molar-refractivity contribution in [2.45, 2.75) is 18.8 Å². The molecule has 0 amide bonds. The van der Waals surface area contributed by atoms with Crippen molar-refractivity contribution in [2.75, 3.05) is 18.0 Å². The summed E-state index contributed by atoms with van der Waals surface area (Å²) in [4.78, 5) is 10.9. The number of piperidine rings is 1. The van der Waals surface area contributed by atoms with Crippen LogP contribution in [0.4, 0.5) is 5.95 Å². The second-order valence-electron chi connectivity index (χ2n) is 4.63. The summed E-state index contributed by atoms with van der Waals surface area (Å²) in [5, 5.41) is 8.17. The summed E-state index contributed by atoms with van der Waals surface area (Å²) in [5.41, 5.74) is 0. The van der Waals surface area contributed by atoms with Gasteiger partial charge in [0.15, 0.2) is 0 Å². The van der Waals surface area contributed by atoms with Crippen LogP contribution in [0.3, 0.4) is 0 Å². The summed E-state index contributed by atoms with van der Waals surface area (Å²) in [7, 11) is 1.99. The molecule has 6 nitrogen and oxygen atoms in total. The zero-order valence-corrected chi connectivity index (χ0v) is 10.4. The molecule has 18 heavy (non-hydrogen) atoms. The predicted octanol–water partition coefficient (Wildman–Crippen LogP) is 0.989. The quantitative estimate of drug-likeness (QED) is 0.788. The number of rotatable bonds is 2. The molecular weight excluding hydrogens is 228 g/mol. The fourth-order valence-electron chi connectivity index (χ4n) is 2.49. The molecule has 1 fully saturated rings. The van der Waals surface area contributed by atoms with Crippen molar-refractivity contribution in [1.29, 1.82) is 0 Å². The van der Waals surface area contributed by atoms with Gasteiger partial charge in [-0.15, -0.1) is 10.2 Å². The van der Waals surface area contributed by atoms with E-state index in [1.807, 2.05) is 17.7 Å². The lowest BCUT2D eigenvalue weighted by atomic mass is 9.97. The lowest BCUT2D eigenvalue weighted by Gasteiger charge is -2.31. The molecule has 0 aromatic carbocycles. The van der Waals surface area contributed by atoms with Crippen LogP contribution < -0.4 is 4.90 Å². The normalized spacial score (nSPS) is 20.1. The monoisotopic (exact) mass is 244 g/mol. The van der Waals surface area contributed by atoms with Crippen LogP contribution in [0.1, 0.15) is 24.6 Å². The van der Waals surface area contributed by atoms with Crippen LogP contribution in [0.5, 0.6) is 0 Å². The van der Waals surface area contributed by atoms with Crippen LogP contribution in [0, 0.1) is 0 Å². The van der Waals surface area contributed by atoms with Crippen LogP contribution in [0.25, 0.3) is 0 Å². The number of hydrogen-bond acceptors (Lipinski definition) is 5. The molecule has 0 N–H and O–H groups in total. The highest BCUT2D eigenvalue weighted by atomic mass is 15.3. The Bertz CT molecular complexity index is 508. The highest BCUT2D eigenvalue weighted by Gasteiger charge is 2.25. The van der Waals surface area contributed by atoms with Gasteiger partial charge >= 0.3 is 0 Å². The maximum absolute atomic E-state index is 4.31. The lowest BCUT2D eigenvalue weighted by molar-refractivity contribution is 0.475. The van der Waals surface area contributed by atoms with E-state index in [0.717, 1.165) is 37.7 Å². The Hall–Kier alpha value is -1.98. The average Bonchev–Trinajstić information content (AvgIpc) is 2.86. The first-order valence-corrected chi connectivity index (χ1v) is 6.20. The Balaban J connectivity index is 1.79. The van der Waals surface area contributed by atoms with Gasteiger partial charge in [-0.1, -0.05) is 0 Å². The third-order valence-corrected chi connectivity index (χ3v) is 3.37. The topological polar surface area (TPSA) is 59.7 Å². The third kappa shape index (κ3) is 2.05. The van der Waals surface area contributed by atoms with Gasteiger partial charge in [0, 0.05) is 38.4 Å². The molecular formula is C12H16N6. The number of hydrogen-bond donors (Lipinski definition) is 0. The second kappa shape index (κ2) is 4.72. The fraction of sp³-hybridized carbons (Fsp3) is 0.500. The van der Waals surface area contributed by atoms with E-state index in [1.54, 1.807) is 18.7 Å². The first-order chi connectivity index (χ1) is 8.84. The Kier molecular flexibility index (Phi) is 2.92. The van der Waals surface area contributed by atoms with E-state index < -0.39 is 0 Å². The standard InChI is InChI=1S/C12H16N6/c1-17-9-15-16-11(17)10-4-2-7-18(8-10)12-13-5-3-6-14-12/h3,5-6,9-10H,2,4,7-8H2,1H3. The second-order valence-corrected chi connectivity index (χ2v) is 4.63. The highest BCUT2D eigenvalue weighted by molar-refractivity contribution is 5.30. The summed E-state index contributed by atoms with van der Waals surface area (Å²) in [6.45, 7) is 1.93. The molecule has 94 valence electrons. The predicted molar refractivity (Wildman–Crippen MR) is 67.2 cm³/mol. The SMILES string of the molecule is Cn1cnnc1C1CCCN(c2ncccn2)C1. The number of aromatic nitrogens is 5. The van der Waals surface area contributed by atoms with Crippen LogP contribution >= 0.6 is 0 Å². The Labute approximate surface area is 106 Å². The molecule has 1 unspecified atom stereocenters. The fourth-order valence-corrected chi connectivity index (χ4v) is 2.49. The molecule has 0 bridgehead atoms. The van der Waals surface area contributed by atoms with Gasteiger partial charge in [-0.3, -0.25) is 0 Å². The largest absolute Gasteiger partial charge is 0.340 e. The highest BCUT2D eigenvalue weighted by Crippen LogP contribution is 2.26. The number of nitrogens with zero attached hydrogens (tertiary/aromatic N) is 6. The van der Waals surface area contributed by atoms with Crippen LogP contribution in [0.2, 0.25) is 0 Å². The minimum atomic E-state index is 0.412. The molecule has 0 radical (unpaired) electrons. The van der Waals surface area contributed by atoms with Crippen molar-refractivity contribution >= 4 is 5.95 Å². The van der Waals surface area contributed by atoms with Crippen molar-refractivity contribution in [3.63, 3.8) is 0 Å². The zero-order valence-electron chi connectivity index (χ0n) is 10.4. The Morgan fingerprint density at radius 1 is 1.28 bits per heavy atom. The maximum atomic E-state index is 4.31. The van der Waals surface area contributed by atoms with Gasteiger partial charge in [0.2, 0.25) is 5.95 Å². The van der Waals surface area contributed by atoms with Gasteiger partial charge < -0.3 is 9.47 Å². The van der Waals surface area contributed by atoms with Gasteiger partial charge in [0.25, 0.3) is 0 Å². The van der Waals surface area contributed by atoms with Crippen molar-refractivity contribution in [1.82, 2.24) is 24.7 Å². The van der Waals surface area contributed by atoms with Gasteiger partial charge in [-0.25, -0.2) is 9.97 Å². The van der Waals surface area contributed by atoms with E-state index in [0.29, 0.717) is 5.92 Å². The molecule has 1 aliphatic heterocycles. The van der Waals surface area contributed by atoms with Crippen LogP contribution in [0.15, 0.2) is 24.8 Å². The molecule has 1 aliphatic rings. The summed E-state index contributed by atoms with van der Waals surface area (Å²) in [5.74, 6) is 2.27. The third-order valence-electron chi connectivity index (χ3n) is 3.37. The van der Waals surface area contributed by atoms with E-state index in [4.69, 9.17) is 0 Å². The number of aryl methyl sites for hydroxylation is 1. The van der Waals surface area contributed by atoms with E-state index in [2.05, 4.69) is 25.1 Å². The van der Waals surface area contributed by atoms with Crippen molar-refractivity contribution < 1.29 is 0 Å². The summed E-state index contributed by atoms with van der Waals surface area (Å²) in [6.07, 6.45) is 7.61. The molecule has 3 rings (SSSR count). The Morgan fingerprint density at radius 2 is 2.11 bits per heavy atom. The Morgan fingerprint density at radius 3 is 2.83 bits per heavy atom. The van der Waals surface area contributed by atoms with E-state index in [-0.39, 0.29) is 0 Å². The molecule has 2 aromatic rings. The molecule has 0 aliphatic carbocycles. The minimum absolute atomic E-state index is 0.412. The lowest BCUT2D eigenvalue weighted by Crippen LogP contribution is -2.36. The smallest absolute Gasteiger partial charge is 0.225 e. The van der Waals surface area contributed by atoms with E-state index >= 15 is 0 Å². The summed E-state index contributed by atoms with van der Waals surface area (Å²) < 4.78 is 2.00. The van der Waals surface area contributed by atoms with Crippen molar-refractivity contribution in [2.24, 2.45) is 7.05 Å². The molecule has 0 saturated carbocycles. The molecule has 1 atom stereocenters. The van der Waals surface area contributed by atoms with Gasteiger partial charge in [0.05, 0.1) is 0 Å². The van der Waals surface area contributed by atoms with E-state index in [1.165, 1.54) is 0 Å². The summed E-state index contributed by atoms with van der Waals surface area (Å²) in [6, 6.07) is 1.84. The molecule has 6 heteroatoms. The van der Waals surface area contributed by atoms with Crippen molar-refractivity contribution in [3.05, 3.63) is 30.6 Å². The zero-order chi connectivity index (χ0) is 12.4. The summed E-state index contributed by atoms with van der Waals surface area (Å²) >= 11 is 0. The average molecular weight is 244 g/mol.